The minimum Gasteiger partial charge on any atom is -0.342 e. The maximum Gasteiger partial charge on any atom is 0.138 e. The average Bonchev–Trinajstić information content (AvgIpc) is 3.45. The molecule has 0 bridgehead atoms. The van der Waals surface area contributed by atoms with Crippen molar-refractivity contribution in [3.05, 3.63) is 54.4 Å². The zero-order valence-electron chi connectivity index (χ0n) is 16.6. The zero-order chi connectivity index (χ0) is 18.8. The summed E-state index contributed by atoms with van der Waals surface area (Å²) in [5.74, 6) is 0.984. The zero-order valence-corrected chi connectivity index (χ0v) is 16.6. The number of H-pyrrole nitrogens is 1. The Balaban J connectivity index is 1.19. The van der Waals surface area contributed by atoms with Crippen molar-refractivity contribution in [2.24, 2.45) is 0 Å². The fourth-order valence-electron chi connectivity index (χ4n) is 4.96. The van der Waals surface area contributed by atoms with Gasteiger partial charge in [-0.3, -0.25) is 4.90 Å². The van der Waals surface area contributed by atoms with E-state index in [9.17, 15) is 0 Å². The van der Waals surface area contributed by atoms with Crippen LogP contribution >= 0.6 is 0 Å². The smallest absolute Gasteiger partial charge is 0.138 e. The van der Waals surface area contributed by atoms with Crippen LogP contribution in [0.5, 0.6) is 0 Å². The summed E-state index contributed by atoms with van der Waals surface area (Å²) in [4.78, 5) is 13.6. The Kier molecular flexibility index (Phi) is 5.15. The summed E-state index contributed by atoms with van der Waals surface area (Å²) in [5.41, 5.74) is 2.43. The van der Waals surface area contributed by atoms with Crippen molar-refractivity contribution in [3.63, 3.8) is 0 Å². The quantitative estimate of drug-likeness (QED) is 0.722. The van der Waals surface area contributed by atoms with Gasteiger partial charge >= 0.3 is 0 Å². The molecule has 146 valence electrons. The highest BCUT2D eigenvalue weighted by Crippen LogP contribution is 2.27. The standard InChI is InChI=1S/C24H30N4/c1-4-10-22-19(6-1)7-5-11-23(22)24-25-18-20(26-24)12-13-27-14-16-28(17-15-27)21-8-2-3-9-21/h1,4-7,10-11,18,21H,2-3,8-9,12-17H2,(H,25,26). The maximum atomic E-state index is 4.68. The molecule has 0 atom stereocenters. The molecule has 2 aliphatic rings. The lowest BCUT2D eigenvalue weighted by molar-refractivity contribution is 0.0985. The maximum absolute atomic E-state index is 4.68. The monoisotopic (exact) mass is 374 g/mol. The van der Waals surface area contributed by atoms with Crippen LogP contribution in [0.2, 0.25) is 0 Å². The summed E-state index contributed by atoms with van der Waals surface area (Å²) < 4.78 is 0. The van der Waals surface area contributed by atoms with Gasteiger partial charge in [-0.05, 0) is 23.6 Å². The first-order chi connectivity index (χ1) is 13.9. The van der Waals surface area contributed by atoms with Gasteiger partial charge in [-0.15, -0.1) is 0 Å². The highest BCUT2D eigenvalue weighted by atomic mass is 15.3. The van der Waals surface area contributed by atoms with E-state index >= 15 is 0 Å². The van der Waals surface area contributed by atoms with Crippen LogP contribution in [0.15, 0.2) is 48.7 Å². The van der Waals surface area contributed by atoms with Crippen LogP contribution in [0, 0.1) is 0 Å². The van der Waals surface area contributed by atoms with Gasteiger partial charge in [0.2, 0.25) is 0 Å². The second kappa shape index (κ2) is 8.06. The number of hydrogen-bond acceptors (Lipinski definition) is 3. The number of hydrogen-bond donors (Lipinski definition) is 1. The lowest BCUT2D eigenvalue weighted by Gasteiger charge is -2.38. The molecule has 2 fully saturated rings. The number of piperazine rings is 1. The van der Waals surface area contributed by atoms with Crippen LogP contribution in [0.4, 0.5) is 0 Å². The summed E-state index contributed by atoms with van der Waals surface area (Å²) in [7, 11) is 0. The molecule has 5 rings (SSSR count). The molecule has 2 heterocycles. The summed E-state index contributed by atoms with van der Waals surface area (Å²) >= 11 is 0. The van der Waals surface area contributed by atoms with Gasteiger partial charge in [-0.25, -0.2) is 4.98 Å². The van der Waals surface area contributed by atoms with E-state index in [0.29, 0.717) is 0 Å². The van der Waals surface area contributed by atoms with E-state index in [1.54, 1.807) is 0 Å². The van der Waals surface area contributed by atoms with E-state index in [0.717, 1.165) is 24.8 Å². The molecule has 1 aliphatic carbocycles. The molecule has 0 spiro atoms. The van der Waals surface area contributed by atoms with E-state index in [-0.39, 0.29) is 0 Å². The summed E-state index contributed by atoms with van der Waals surface area (Å²) in [6, 6.07) is 15.8. The Bertz CT molecular complexity index is 912. The van der Waals surface area contributed by atoms with Gasteiger partial charge in [-0.1, -0.05) is 55.3 Å². The van der Waals surface area contributed by atoms with Crippen LogP contribution in [0.1, 0.15) is 31.4 Å². The lowest BCUT2D eigenvalue weighted by atomic mass is 10.0. The topological polar surface area (TPSA) is 35.2 Å². The van der Waals surface area contributed by atoms with Gasteiger partial charge < -0.3 is 9.88 Å². The van der Waals surface area contributed by atoms with Crippen molar-refractivity contribution in [2.45, 2.75) is 38.1 Å². The Labute approximate surface area is 167 Å². The van der Waals surface area contributed by atoms with Crippen LogP contribution < -0.4 is 0 Å². The minimum atomic E-state index is 0.873. The van der Waals surface area contributed by atoms with E-state index in [2.05, 4.69) is 62.2 Å². The number of benzene rings is 2. The molecule has 28 heavy (non-hydrogen) atoms. The second-order valence-corrected chi connectivity index (χ2v) is 8.35. The van der Waals surface area contributed by atoms with E-state index < -0.39 is 0 Å². The average molecular weight is 375 g/mol. The number of imidazole rings is 1. The Hall–Kier alpha value is -2.17. The molecule has 1 N–H and O–H groups in total. The Morgan fingerprint density at radius 1 is 0.929 bits per heavy atom. The second-order valence-electron chi connectivity index (χ2n) is 8.35. The van der Waals surface area contributed by atoms with Crippen LogP contribution in [-0.2, 0) is 6.42 Å². The predicted octanol–water partition coefficient (Wildman–Crippen LogP) is 4.33. The first-order valence-electron chi connectivity index (χ1n) is 10.9. The number of rotatable bonds is 5. The molecule has 0 amide bonds. The van der Waals surface area contributed by atoms with Gasteiger partial charge in [0.25, 0.3) is 0 Å². The fraction of sp³-hybridized carbons (Fsp3) is 0.458. The van der Waals surface area contributed by atoms with Gasteiger partial charge in [0.1, 0.15) is 5.82 Å². The molecule has 0 radical (unpaired) electrons. The number of nitrogens with one attached hydrogen (secondary N) is 1. The highest BCUT2D eigenvalue weighted by Gasteiger charge is 2.25. The number of nitrogens with zero attached hydrogens (tertiary/aromatic N) is 3. The Morgan fingerprint density at radius 2 is 1.71 bits per heavy atom. The third kappa shape index (κ3) is 3.71. The van der Waals surface area contributed by atoms with E-state index in [1.165, 1.54) is 73.9 Å². The van der Waals surface area contributed by atoms with Crippen molar-refractivity contribution in [2.75, 3.05) is 32.7 Å². The molecule has 1 saturated carbocycles. The molecular weight excluding hydrogens is 344 g/mol. The van der Waals surface area contributed by atoms with Crippen molar-refractivity contribution < 1.29 is 0 Å². The van der Waals surface area contributed by atoms with E-state index in [1.807, 2.05) is 6.20 Å². The number of aromatic nitrogens is 2. The molecule has 0 unspecified atom stereocenters. The summed E-state index contributed by atoms with van der Waals surface area (Å²) in [6.07, 6.45) is 8.77. The van der Waals surface area contributed by atoms with Crippen LogP contribution in [0.25, 0.3) is 22.2 Å². The third-order valence-corrected chi connectivity index (χ3v) is 6.62. The van der Waals surface area contributed by atoms with Crippen LogP contribution in [0.3, 0.4) is 0 Å². The third-order valence-electron chi connectivity index (χ3n) is 6.62. The van der Waals surface area contributed by atoms with Crippen molar-refractivity contribution in [1.29, 1.82) is 0 Å². The fourth-order valence-corrected chi connectivity index (χ4v) is 4.96. The summed E-state index contributed by atoms with van der Waals surface area (Å²) in [6.45, 7) is 6.03. The molecule has 1 aliphatic heterocycles. The van der Waals surface area contributed by atoms with E-state index in [4.69, 9.17) is 0 Å². The normalized spacial score (nSPS) is 19.6. The van der Waals surface area contributed by atoms with Gasteiger partial charge in [-0.2, -0.15) is 0 Å². The van der Waals surface area contributed by atoms with Crippen LogP contribution in [-0.4, -0.2) is 58.5 Å². The highest BCUT2D eigenvalue weighted by molar-refractivity contribution is 5.95. The van der Waals surface area contributed by atoms with Crippen molar-refractivity contribution in [1.82, 2.24) is 19.8 Å². The lowest BCUT2D eigenvalue weighted by Crippen LogP contribution is -2.50. The van der Waals surface area contributed by atoms with Gasteiger partial charge in [0.05, 0.1) is 0 Å². The number of fused-ring (bicyclic) bond motifs is 1. The molecule has 4 nitrogen and oxygen atoms in total. The largest absolute Gasteiger partial charge is 0.342 e. The molecule has 1 aromatic heterocycles. The van der Waals surface area contributed by atoms with Crippen molar-refractivity contribution in [3.8, 4) is 11.4 Å². The Morgan fingerprint density at radius 3 is 2.57 bits per heavy atom. The molecule has 2 aromatic carbocycles. The molecular formula is C24H30N4. The summed E-state index contributed by atoms with van der Waals surface area (Å²) in [5, 5.41) is 2.52. The first kappa shape index (κ1) is 17.9. The minimum absolute atomic E-state index is 0.873. The molecule has 1 saturated heterocycles. The predicted molar refractivity (Wildman–Crippen MR) is 116 cm³/mol. The SMILES string of the molecule is c1ccc2c(-c3ncc(CCN4CCN(C5CCCC5)CC4)[nH]3)cccc2c1. The number of aromatic amines is 1. The van der Waals surface area contributed by atoms with Gasteiger partial charge in [0, 0.05) is 62.6 Å². The van der Waals surface area contributed by atoms with Crippen molar-refractivity contribution >= 4 is 10.8 Å². The van der Waals surface area contributed by atoms with Gasteiger partial charge in [0.15, 0.2) is 0 Å². The molecule has 4 heteroatoms. The first-order valence-corrected chi connectivity index (χ1v) is 10.9. The molecule has 3 aromatic rings.